The topological polar surface area (TPSA) is 0 Å². The van der Waals surface area contributed by atoms with E-state index in [1.54, 1.807) is 0 Å². The minimum Gasteiger partial charge on any atom is -0.179 e. The lowest BCUT2D eigenvalue weighted by molar-refractivity contribution is 1.08. The Morgan fingerprint density at radius 2 is 1.50 bits per heavy atom. The molecule has 0 aromatic heterocycles. The van der Waals surface area contributed by atoms with Crippen LogP contribution in [0.4, 0.5) is 0 Å². The molecule has 0 bridgehead atoms. The zero-order valence-corrected chi connectivity index (χ0v) is 14.8. The molecule has 0 rings (SSSR count). The van der Waals surface area contributed by atoms with Gasteiger partial charge in [-0.25, -0.2) is 0 Å². The fourth-order valence-electron chi connectivity index (χ4n) is 1.10. The van der Waals surface area contributed by atoms with E-state index in [1.807, 2.05) is 23.5 Å². The number of thioether (sulfide) groups is 3. The molecular weight excluding hydrogens is 313 g/mol. The maximum absolute atomic E-state index is 4.43. The van der Waals surface area contributed by atoms with Crippen LogP contribution in [0.15, 0.2) is 0 Å². The van der Waals surface area contributed by atoms with Gasteiger partial charge in [-0.3, -0.25) is 0 Å². The molecule has 2 unspecified atom stereocenters. The summed E-state index contributed by atoms with van der Waals surface area (Å²) in [5.41, 5.74) is 0. The molecule has 0 saturated carbocycles. The highest BCUT2D eigenvalue weighted by molar-refractivity contribution is 8.06. The van der Waals surface area contributed by atoms with Crippen molar-refractivity contribution in [3.05, 3.63) is 0 Å². The van der Waals surface area contributed by atoms with Crippen molar-refractivity contribution in [3.63, 3.8) is 0 Å². The normalized spacial score (nSPS) is 15.0. The molecule has 0 fully saturated rings. The van der Waals surface area contributed by atoms with Crippen molar-refractivity contribution in [1.29, 1.82) is 0 Å². The second-order valence-corrected chi connectivity index (χ2v) is 8.65. The highest BCUT2D eigenvalue weighted by atomic mass is 32.2. The Morgan fingerprint density at radius 1 is 0.938 bits per heavy atom. The van der Waals surface area contributed by atoms with E-state index in [0.29, 0.717) is 5.25 Å². The van der Waals surface area contributed by atoms with Crippen LogP contribution in [-0.2, 0) is 0 Å². The SMILES string of the molecule is CC(CSCCS)SC(CS)CSCCS. The highest BCUT2D eigenvalue weighted by Crippen LogP contribution is 2.25. The van der Waals surface area contributed by atoms with E-state index in [0.717, 1.165) is 34.0 Å². The standard InChI is InChI=1S/C10H22S6/c1-9(7-14-4-2-11)16-10(6-13)8-15-5-3-12/h9-13H,2-8H2,1H3. The van der Waals surface area contributed by atoms with Gasteiger partial charge in [0.1, 0.15) is 0 Å². The summed E-state index contributed by atoms with van der Waals surface area (Å²) >= 11 is 18.9. The van der Waals surface area contributed by atoms with E-state index in [4.69, 9.17) is 0 Å². The Hall–Kier alpha value is 2.10. The number of thiol groups is 3. The summed E-state index contributed by atoms with van der Waals surface area (Å²) in [6, 6.07) is 0. The Kier molecular flexibility index (Phi) is 15.3. The summed E-state index contributed by atoms with van der Waals surface area (Å²) in [7, 11) is 0. The monoisotopic (exact) mass is 334 g/mol. The van der Waals surface area contributed by atoms with Gasteiger partial charge in [0.25, 0.3) is 0 Å². The fourth-order valence-corrected chi connectivity index (χ4v) is 5.69. The summed E-state index contributed by atoms with van der Waals surface area (Å²) in [6.07, 6.45) is 0. The van der Waals surface area contributed by atoms with Crippen LogP contribution in [-0.4, -0.2) is 50.8 Å². The Morgan fingerprint density at radius 3 is 2.00 bits per heavy atom. The lowest BCUT2D eigenvalue weighted by Gasteiger charge is -2.18. The van der Waals surface area contributed by atoms with Crippen molar-refractivity contribution in [2.45, 2.75) is 17.4 Å². The van der Waals surface area contributed by atoms with Crippen molar-refractivity contribution in [1.82, 2.24) is 0 Å². The molecule has 0 aliphatic heterocycles. The van der Waals surface area contributed by atoms with E-state index in [9.17, 15) is 0 Å². The Labute approximate surface area is 130 Å². The first-order valence-corrected chi connectivity index (χ1v) is 10.5. The predicted molar refractivity (Wildman–Crippen MR) is 97.1 cm³/mol. The number of hydrogen-bond acceptors (Lipinski definition) is 6. The van der Waals surface area contributed by atoms with Gasteiger partial charge in [0.2, 0.25) is 0 Å². The van der Waals surface area contributed by atoms with Crippen LogP contribution in [0.2, 0.25) is 0 Å². The third-order valence-electron chi connectivity index (χ3n) is 1.76. The molecule has 0 spiro atoms. The maximum atomic E-state index is 4.43. The third kappa shape index (κ3) is 11.2. The molecule has 0 N–H and O–H groups in total. The highest BCUT2D eigenvalue weighted by Gasteiger charge is 2.12. The first kappa shape index (κ1) is 18.1. The molecule has 2 atom stereocenters. The molecule has 0 aliphatic rings. The minimum atomic E-state index is 0.680. The summed E-state index contributed by atoms with van der Waals surface area (Å²) < 4.78 is 0. The smallest absolute Gasteiger partial charge is 0.0229 e. The van der Waals surface area contributed by atoms with E-state index in [2.05, 4.69) is 56.6 Å². The molecule has 0 aliphatic carbocycles. The quantitative estimate of drug-likeness (QED) is 0.389. The molecule has 0 saturated heterocycles. The van der Waals surface area contributed by atoms with E-state index in [-0.39, 0.29) is 0 Å². The molecule has 0 aromatic rings. The van der Waals surface area contributed by atoms with E-state index < -0.39 is 0 Å². The molecule has 0 amide bonds. The van der Waals surface area contributed by atoms with Gasteiger partial charge in [0.15, 0.2) is 0 Å². The number of hydrogen-bond donors (Lipinski definition) is 3. The molecule has 98 valence electrons. The van der Waals surface area contributed by atoms with Gasteiger partial charge in [-0.15, -0.1) is 0 Å². The van der Waals surface area contributed by atoms with Gasteiger partial charge in [-0.1, -0.05) is 6.92 Å². The van der Waals surface area contributed by atoms with Crippen molar-refractivity contribution in [3.8, 4) is 0 Å². The van der Waals surface area contributed by atoms with Gasteiger partial charge in [0, 0.05) is 39.3 Å². The minimum absolute atomic E-state index is 0.680. The summed E-state index contributed by atoms with van der Waals surface area (Å²) in [5.74, 6) is 7.68. The van der Waals surface area contributed by atoms with Crippen LogP contribution >= 0.6 is 73.2 Å². The van der Waals surface area contributed by atoms with E-state index >= 15 is 0 Å². The predicted octanol–water partition coefficient (Wildman–Crippen LogP) is 3.73. The van der Waals surface area contributed by atoms with E-state index in [1.165, 1.54) is 11.5 Å². The van der Waals surface area contributed by atoms with Crippen LogP contribution < -0.4 is 0 Å². The number of rotatable bonds is 11. The average Bonchev–Trinajstić information content (AvgIpc) is 2.28. The van der Waals surface area contributed by atoms with Gasteiger partial charge in [-0.05, 0) is 11.5 Å². The van der Waals surface area contributed by atoms with Crippen molar-refractivity contribution >= 4 is 73.2 Å². The molecule has 16 heavy (non-hydrogen) atoms. The van der Waals surface area contributed by atoms with Gasteiger partial charge in [0.05, 0.1) is 0 Å². The van der Waals surface area contributed by atoms with Crippen molar-refractivity contribution in [2.24, 2.45) is 0 Å². The summed E-state index contributed by atoms with van der Waals surface area (Å²) in [5, 5.41) is 1.40. The van der Waals surface area contributed by atoms with Crippen molar-refractivity contribution in [2.75, 3.05) is 40.3 Å². The Bertz CT molecular complexity index is 143. The lowest BCUT2D eigenvalue weighted by atomic mass is 10.5. The van der Waals surface area contributed by atoms with Crippen LogP contribution in [0, 0.1) is 0 Å². The summed E-state index contributed by atoms with van der Waals surface area (Å²) in [4.78, 5) is 0. The molecule has 0 nitrogen and oxygen atoms in total. The molecule has 0 aromatic carbocycles. The van der Waals surface area contributed by atoms with Crippen molar-refractivity contribution < 1.29 is 0 Å². The van der Waals surface area contributed by atoms with Crippen LogP contribution in [0.25, 0.3) is 0 Å². The first-order valence-electron chi connectivity index (χ1n) is 5.38. The van der Waals surface area contributed by atoms with Crippen LogP contribution in [0.5, 0.6) is 0 Å². The average molecular weight is 335 g/mol. The largest absolute Gasteiger partial charge is 0.179 e. The molecule has 0 heterocycles. The zero-order valence-electron chi connectivity index (χ0n) is 9.67. The maximum Gasteiger partial charge on any atom is 0.0229 e. The molecule has 0 radical (unpaired) electrons. The first-order chi connectivity index (χ1) is 7.74. The third-order valence-corrected chi connectivity index (χ3v) is 7.63. The zero-order chi connectivity index (χ0) is 12.2. The summed E-state index contributed by atoms with van der Waals surface area (Å²) in [6.45, 7) is 2.32. The second-order valence-electron chi connectivity index (χ2n) is 3.35. The molecular formula is C10H22S6. The van der Waals surface area contributed by atoms with Crippen LogP contribution in [0.1, 0.15) is 6.92 Å². The van der Waals surface area contributed by atoms with Gasteiger partial charge < -0.3 is 0 Å². The van der Waals surface area contributed by atoms with Gasteiger partial charge in [-0.2, -0.15) is 73.2 Å². The lowest BCUT2D eigenvalue weighted by Crippen LogP contribution is -2.15. The molecule has 6 heteroatoms. The van der Waals surface area contributed by atoms with Crippen LogP contribution in [0.3, 0.4) is 0 Å². The van der Waals surface area contributed by atoms with Gasteiger partial charge >= 0.3 is 0 Å². The second kappa shape index (κ2) is 13.5. The fraction of sp³-hybridized carbons (Fsp3) is 1.00. The Balaban J connectivity index is 3.57.